The number of hydrogen-bond donors (Lipinski definition) is 2. The maximum absolute atomic E-state index is 13.0. The van der Waals surface area contributed by atoms with E-state index in [0.29, 0.717) is 13.0 Å². The number of nitrogens with one attached hydrogen (secondary N) is 2. The van der Waals surface area contributed by atoms with Gasteiger partial charge in [-0.1, -0.05) is 12.1 Å². The average Bonchev–Trinajstić information content (AvgIpc) is 3.23. The third kappa shape index (κ3) is 5.49. The van der Waals surface area contributed by atoms with E-state index in [4.69, 9.17) is 0 Å². The molecule has 0 saturated carbocycles. The second-order valence-corrected chi connectivity index (χ2v) is 8.17. The summed E-state index contributed by atoms with van der Waals surface area (Å²) < 4.78 is 41.5. The van der Waals surface area contributed by atoms with Gasteiger partial charge in [-0.15, -0.1) is 0 Å². The maximum Gasteiger partial charge on any atom is 0.241 e. The minimum atomic E-state index is -3.91. The van der Waals surface area contributed by atoms with E-state index in [9.17, 15) is 17.6 Å². The standard InChI is InChI=1S/C20H21FN4O3S/c1-15(24-29(27,28)19-9-5-17(21)6-10-19)20(26)22-13-11-16-3-7-18(8-4-16)25-14-2-12-23-25/h2-10,12,14-15,24H,11,13H2,1H3,(H,22,26). The highest BCUT2D eigenvalue weighted by atomic mass is 32.2. The molecule has 0 aliphatic carbocycles. The van der Waals surface area contributed by atoms with Gasteiger partial charge in [-0.25, -0.2) is 17.5 Å². The molecule has 3 aromatic rings. The van der Waals surface area contributed by atoms with Crippen molar-refractivity contribution in [1.29, 1.82) is 0 Å². The molecule has 0 saturated heterocycles. The van der Waals surface area contributed by atoms with Crippen molar-refractivity contribution in [1.82, 2.24) is 19.8 Å². The number of benzene rings is 2. The first-order valence-electron chi connectivity index (χ1n) is 9.00. The number of carbonyl (C=O) groups excluding carboxylic acids is 1. The van der Waals surface area contributed by atoms with Gasteiger partial charge in [0, 0.05) is 18.9 Å². The van der Waals surface area contributed by atoms with E-state index < -0.39 is 27.8 Å². The van der Waals surface area contributed by atoms with Crippen LogP contribution in [0.4, 0.5) is 4.39 Å². The van der Waals surface area contributed by atoms with Gasteiger partial charge in [0.1, 0.15) is 5.82 Å². The molecule has 1 atom stereocenters. The normalized spacial score (nSPS) is 12.5. The first-order chi connectivity index (χ1) is 13.8. The summed E-state index contributed by atoms with van der Waals surface area (Å²) in [6.07, 6.45) is 4.15. The number of aromatic nitrogens is 2. The Labute approximate surface area is 168 Å². The predicted molar refractivity (Wildman–Crippen MR) is 106 cm³/mol. The molecule has 0 aliphatic rings. The monoisotopic (exact) mass is 416 g/mol. The Morgan fingerprint density at radius 3 is 2.45 bits per heavy atom. The van der Waals surface area contributed by atoms with Gasteiger partial charge in [-0.05, 0) is 61.4 Å². The SMILES string of the molecule is CC(NS(=O)(=O)c1ccc(F)cc1)C(=O)NCCc1ccc(-n2cccn2)cc1. The first-order valence-corrected chi connectivity index (χ1v) is 10.5. The summed E-state index contributed by atoms with van der Waals surface area (Å²) in [5.41, 5.74) is 1.97. The molecule has 2 N–H and O–H groups in total. The lowest BCUT2D eigenvalue weighted by Gasteiger charge is -2.14. The Morgan fingerprint density at radius 1 is 1.14 bits per heavy atom. The number of amides is 1. The Morgan fingerprint density at radius 2 is 1.83 bits per heavy atom. The van der Waals surface area contributed by atoms with Crippen molar-refractivity contribution in [2.24, 2.45) is 0 Å². The van der Waals surface area contributed by atoms with Crippen molar-refractivity contribution in [3.05, 3.63) is 78.4 Å². The number of hydrogen-bond acceptors (Lipinski definition) is 4. The van der Waals surface area contributed by atoms with Crippen LogP contribution >= 0.6 is 0 Å². The summed E-state index contributed by atoms with van der Waals surface area (Å²) in [7, 11) is -3.91. The maximum atomic E-state index is 13.0. The van der Waals surface area contributed by atoms with E-state index in [1.165, 1.54) is 6.92 Å². The van der Waals surface area contributed by atoms with Crippen LogP contribution in [-0.4, -0.2) is 36.7 Å². The lowest BCUT2D eigenvalue weighted by Crippen LogP contribution is -2.45. The molecular weight excluding hydrogens is 395 g/mol. The van der Waals surface area contributed by atoms with Gasteiger partial charge in [0.2, 0.25) is 15.9 Å². The quantitative estimate of drug-likeness (QED) is 0.588. The van der Waals surface area contributed by atoms with Gasteiger partial charge in [0.05, 0.1) is 16.6 Å². The van der Waals surface area contributed by atoms with Crippen LogP contribution in [0.25, 0.3) is 5.69 Å². The molecule has 1 amide bonds. The fraction of sp³-hybridized carbons (Fsp3) is 0.200. The number of halogens is 1. The molecule has 1 heterocycles. The van der Waals surface area contributed by atoms with Crippen LogP contribution in [0.5, 0.6) is 0 Å². The van der Waals surface area contributed by atoms with E-state index in [1.807, 2.05) is 36.5 Å². The Balaban J connectivity index is 1.49. The summed E-state index contributed by atoms with van der Waals surface area (Å²) >= 11 is 0. The molecule has 0 bridgehead atoms. The van der Waals surface area contributed by atoms with Crippen LogP contribution in [0.2, 0.25) is 0 Å². The Bertz CT molecular complexity index is 1050. The van der Waals surface area contributed by atoms with Gasteiger partial charge < -0.3 is 5.32 Å². The minimum Gasteiger partial charge on any atom is -0.354 e. The van der Waals surface area contributed by atoms with Crippen molar-refractivity contribution >= 4 is 15.9 Å². The number of carbonyl (C=O) groups is 1. The van der Waals surface area contributed by atoms with Gasteiger partial charge >= 0.3 is 0 Å². The largest absolute Gasteiger partial charge is 0.354 e. The number of sulfonamides is 1. The van der Waals surface area contributed by atoms with E-state index in [-0.39, 0.29) is 4.90 Å². The highest BCUT2D eigenvalue weighted by Crippen LogP contribution is 2.11. The average molecular weight is 416 g/mol. The predicted octanol–water partition coefficient (Wildman–Crippen LogP) is 2.04. The van der Waals surface area contributed by atoms with Crippen LogP contribution < -0.4 is 10.0 Å². The molecule has 1 aromatic heterocycles. The van der Waals surface area contributed by atoms with E-state index in [2.05, 4.69) is 15.1 Å². The Hall–Kier alpha value is -3.04. The molecule has 7 nitrogen and oxygen atoms in total. The van der Waals surface area contributed by atoms with Crippen LogP contribution in [-0.2, 0) is 21.2 Å². The molecule has 152 valence electrons. The smallest absolute Gasteiger partial charge is 0.241 e. The third-order valence-electron chi connectivity index (χ3n) is 4.27. The van der Waals surface area contributed by atoms with E-state index in [0.717, 1.165) is 35.5 Å². The molecule has 29 heavy (non-hydrogen) atoms. The summed E-state index contributed by atoms with van der Waals surface area (Å²) in [4.78, 5) is 12.1. The molecule has 9 heteroatoms. The van der Waals surface area contributed by atoms with E-state index in [1.54, 1.807) is 10.9 Å². The molecule has 0 aliphatic heterocycles. The fourth-order valence-electron chi connectivity index (χ4n) is 2.69. The lowest BCUT2D eigenvalue weighted by atomic mass is 10.1. The van der Waals surface area contributed by atoms with Crippen LogP contribution in [0, 0.1) is 5.82 Å². The minimum absolute atomic E-state index is 0.101. The molecule has 0 spiro atoms. The topological polar surface area (TPSA) is 93.1 Å². The van der Waals surface area contributed by atoms with Crippen LogP contribution in [0.3, 0.4) is 0 Å². The molecule has 0 fully saturated rings. The summed E-state index contributed by atoms with van der Waals surface area (Å²) in [5.74, 6) is -0.976. The Kier molecular flexibility index (Phi) is 6.40. The molecular formula is C20H21FN4O3S. The highest BCUT2D eigenvalue weighted by molar-refractivity contribution is 7.89. The zero-order valence-corrected chi connectivity index (χ0v) is 16.6. The van der Waals surface area contributed by atoms with Crippen molar-refractivity contribution in [3.63, 3.8) is 0 Å². The zero-order chi connectivity index (χ0) is 20.9. The second kappa shape index (κ2) is 8.97. The molecule has 2 aromatic carbocycles. The summed E-state index contributed by atoms with van der Waals surface area (Å²) in [6.45, 7) is 1.82. The van der Waals surface area contributed by atoms with Crippen LogP contribution in [0.15, 0.2) is 71.9 Å². The van der Waals surface area contributed by atoms with Gasteiger partial charge in [-0.2, -0.15) is 9.82 Å². The summed E-state index contributed by atoms with van der Waals surface area (Å²) in [5, 5.41) is 6.87. The van der Waals surface area contributed by atoms with Crippen molar-refractivity contribution in [3.8, 4) is 5.69 Å². The van der Waals surface area contributed by atoms with Crippen molar-refractivity contribution in [2.75, 3.05) is 6.54 Å². The lowest BCUT2D eigenvalue weighted by molar-refractivity contribution is -0.122. The third-order valence-corrected chi connectivity index (χ3v) is 5.82. The fourth-order valence-corrected chi connectivity index (χ4v) is 3.89. The first kappa shape index (κ1) is 20.7. The zero-order valence-electron chi connectivity index (χ0n) is 15.7. The van der Waals surface area contributed by atoms with E-state index >= 15 is 0 Å². The summed E-state index contributed by atoms with van der Waals surface area (Å²) in [6, 6.07) is 13.0. The van der Waals surface area contributed by atoms with Crippen molar-refractivity contribution in [2.45, 2.75) is 24.3 Å². The number of nitrogens with zero attached hydrogens (tertiary/aromatic N) is 2. The van der Waals surface area contributed by atoms with Gasteiger partial charge in [0.15, 0.2) is 0 Å². The second-order valence-electron chi connectivity index (χ2n) is 6.46. The number of rotatable bonds is 8. The molecule has 3 rings (SSSR count). The highest BCUT2D eigenvalue weighted by Gasteiger charge is 2.21. The van der Waals surface area contributed by atoms with Crippen molar-refractivity contribution < 1.29 is 17.6 Å². The van der Waals surface area contributed by atoms with Gasteiger partial charge in [-0.3, -0.25) is 4.79 Å². The molecule has 1 unspecified atom stereocenters. The van der Waals surface area contributed by atoms with Gasteiger partial charge in [0.25, 0.3) is 0 Å². The molecule has 0 radical (unpaired) electrons. The van der Waals surface area contributed by atoms with Crippen LogP contribution in [0.1, 0.15) is 12.5 Å².